The van der Waals surface area contributed by atoms with E-state index in [4.69, 9.17) is 0 Å². The van der Waals surface area contributed by atoms with Crippen molar-refractivity contribution in [3.05, 3.63) is 24.3 Å². The molecular weight excluding hydrogens is 276 g/mol. The first-order valence-corrected chi connectivity index (χ1v) is 8.54. The van der Waals surface area contributed by atoms with E-state index in [1.807, 2.05) is 12.1 Å². The molecule has 1 saturated carbocycles. The lowest BCUT2D eigenvalue weighted by atomic mass is 9.91. The first kappa shape index (κ1) is 15.3. The Morgan fingerprint density at radius 1 is 1.30 bits per heavy atom. The molecule has 1 aromatic rings. The van der Waals surface area contributed by atoms with E-state index in [0.29, 0.717) is 19.1 Å². The van der Waals surface area contributed by atoms with Crippen LogP contribution in [0.15, 0.2) is 29.2 Å². The third-order valence-electron chi connectivity index (χ3n) is 3.67. The van der Waals surface area contributed by atoms with Gasteiger partial charge in [0.05, 0.1) is 11.5 Å². The van der Waals surface area contributed by atoms with Crippen molar-refractivity contribution in [2.45, 2.75) is 37.1 Å². The third kappa shape index (κ3) is 3.31. The van der Waals surface area contributed by atoms with E-state index in [2.05, 4.69) is 9.62 Å². The van der Waals surface area contributed by atoms with Crippen LogP contribution < -0.4 is 9.62 Å². The van der Waals surface area contributed by atoms with Crippen LogP contribution in [0.4, 0.5) is 5.69 Å². The number of nitrogens with one attached hydrogen (secondary N) is 1. The lowest BCUT2D eigenvalue weighted by molar-refractivity contribution is 0.283. The second-order valence-electron chi connectivity index (χ2n) is 5.00. The largest absolute Gasteiger partial charge is 0.395 e. The molecule has 0 bridgehead atoms. The van der Waals surface area contributed by atoms with Crippen molar-refractivity contribution < 1.29 is 13.5 Å². The summed E-state index contributed by atoms with van der Waals surface area (Å²) < 4.78 is 26.2. The average molecular weight is 298 g/mol. The highest BCUT2D eigenvalue weighted by molar-refractivity contribution is 7.89. The number of benzene rings is 1. The van der Waals surface area contributed by atoms with E-state index in [9.17, 15) is 13.5 Å². The van der Waals surface area contributed by atoms with Gasteiger partial charge in [0.25, 0.3) is 0 Å². The second-order valence-corrected chi connectivity index (χ2v) is 6.76. The molecule has 0 atom stereocenters. The Hall–Kier alpha value is -1.11. The molecule has 0 aliphatic heterocycles. The van der Waals surface area contributed by atoms with Gasteiger partial charge in [0.1, 0.15) is 0 Å². The molecule has 0 amide bonds. The Labute approximate surface area is 120 Å². The van der Waals surface area contributed by atoms with E-state index in [1.165, 1.54) is 6.42 Å². The molecule has 0 unspecified atom stereocenters. The summed E-state index contributed by atoms with van der Waals surface area (Å²) in [5.74, 6) is 0. The topological polar surface area (TPSA) is 69.6 Å². The number of hydrogen-bond donors (Lipinski definition) is 2. The Bertz CT molecular complexity index is 524. The Morgan fingerprint density at radius 3 is 2.40 bits per heavy atom. The van der Waals surface area contributed by atoms with Gasteiger partial charge in [-0.05, 0) is 43.5 Å². The maximum Gasteiger partial charge on any atom is 0.240 e. The summed E-state index contributed by atoms with van der Waals surface area (Å²) in [5, 5.41) is 9.17. The van der Waals surface area contributed by atoms with Crippen molar-refractivity contribution in [3.63, 3.8) is 0 Å². The fourth-order valence-corrected chi connectivity index (χ4v) is 3.46. The van der Waals surface area contributed by atoms with Gasteiger partial charge < -0.3 is 10.0 Å². The minimum absolute atomic E-state index is 0.105. The highest BCUT2D eigenvalue weighted by Crippen LogP contribution is 2.29. The summed E-state index contributed by atoms with van der Waals surface area (Å²) >= 11 is 0. The number of aliphatic hydroxyl groups excluding tert-OH is 1. The summed E-state index contributed by atoms with van der Waals surface area (Å²) in [7, 11) is -3.39. The van der Waals surface area contributed by atoms with E-state index in [1.54, 1.807) is 19.1 Å². The lowest BCUT2D eigenvalue weighted by Crippen LogP contribution is -2.41. The van der Waals surface area contributed by atoms with Crippen molar-refractivity contribution in [2.24, 2.45) is 0 Å². The van der Waals surface area contributed by atoms with Crippen LogP contribution in [0, 0.1) is 0 Å². The molecule has 5 nitrogen and oxygen atoms in total. The maximum atomic E-state index is 11.9. The smallest absolute Gasteiger partial charge is 0.240 e. The maximum absolute atomic E-state index is 11.9. The molecule has 1 fully saturated rings. The fourth-order valence-electron chi connectivity index (χ4n) is 2.42. The number of sulfonamides is 1. The summed E-state index contributed by atoms with van der Waals surface area (Å²) in [5.41, 5.74) is 0.971. The van der Waals surface area contributed by atoms with Crippen molar-refractivity contribution in [1.82, 2.24) is 4.72 Å². The SMILES string of the molecule is CCNS(=O)(=O)c1ccc(N(CCO)C2CCC2)cc1. The summed E-state index contributed by atoms with van der Waals surface area (Å²) in [6, 6.07) is 7.35. The molecule has 0 aromatic heterocycles. The van der Waals surface area contributed by atoms with Crippen LogP contribution in [0.1, 0.15) is 26.2 Å². The zero-order valence-electron chi connectivity index (χ0n) is 11.7. The van der Waals surface area contributed by atoms with Crippen LogP contribution in [0.2, 0.25) is 0 Å². The van der Waals surface area contributed by atoms with Gasteiger partial charge in [0.15, 0.2) is 0 Å². The van der Waals surface area contributed by atoms with Crippen molar-refractivity contribution in [3.8, 4) is 0 Å². The predicted octanol–water partition coefficient (Wildman–Crippen LogP) is 1.34. The molecule has 0 radical (unpaired) electrons. The van der Waals surface area contributed by atoms with Gasteiger partial charge in [0, 0.05) is 24.8 Å². The van der Waals surface area contributed by atoms with Gasteiger partial charge >= 0.3 is 0 Å². The zero-order chi connectivity index (χ0) is 14.6. The van der Waals surface area contributed by atoms with Gasteiger partial charge in [0.2, 0.25) is 10.0 Å². The number of nitrogens with zero attached hydrogens (tertiary/aromatic N) is 1. The molecule has 0 spiro atoms. The van der Waals surface area contributed by atoms with E-state index in [0.717, 1.165) is 18.5 Å². The van der Waals surface area contributed by atoms with Crippen molar-refractivity contribution in [2.75, 3.05) is 24.6 Å². The Balaban J connectivity index is 2.17. The van der Waals surface area contributed by atoms with E-state index in [-0.39, 0.29) is 11.5 Å². The first-order valence-electron chi connectivity index (χ1n) is 7.05. The second kappa shape index (κ2) is 6.56. The van der Waals surface area contributed by atoms with Crippen LogP contribution in [0.3, 0.4) is 0 Å². The predicted molar refractivity (Wildman–Crippen MR) is 79.4 cm³/mol. The van der Waals surface area contributed by atoms with Crippen molar-refractivity contribution in [1.29, 1.82) is 0 Å². The zero-order valence-corrected chi connectivity index (χ0v) is 12.6. The van der Waals surface area contributed by atoms with Crippen LogP contribution in [0.25, 0.3) is 0 Å². The fraction of sp³-hybridized carbons (Fsp3) is 0.571. The van der Waals surface area contributed by atoms with Gasteiger partial charge in [-0.25, -0.2) is 13.1 Å². The van der Waals surface area contributed by atoms with Crippen LogP contribution in [0.5, 0.6) is 0 Å². The molecule has 0 saturated heterocycles. The minimum atomic E-state index is -3.39. The summed E-state index contributed by atoms with van der Waals surface area (Å²) in [6.07, 6.45) is 3.49. The lowest BCUT2D eigenvalue weighted by Gasteiger charge is -2.39. The Morgan fingerprint density at radius 2 is 1.95 bits per heavy atom. The summed E-state index contributed by atoms with van der Waals surface area (Å²) in [4.78, 5) is 2.44. The molecule has 20 heavy (non-hydrogen) atoms. The molecule has 112 valence electrons. The molecular formula is C14H22N2O3S. The van der Waals surface area contributed by atoms with Gasteiger partial charge in [-0.1, -0.05) is 6.92 Å². The quantitative estimate of drug-likeness (QED) is 0.797. The third-order valence-corrected chi connectivity index (χ3v) is 5.23. The van der Waals surface area contributed by atoms with Crippen LogP contribution >= 0.6 is 0 Å². The minimum Gasteiger partial charge on any atom is -0.395 e. The first-order chi connectivity index (χ1) is 9.58. The van der Waals surface area contributed by atoms with E-state index < -0.39 is 10.0 Å². The number of hydrogen-bond acceptors (Lipinski definition) is 4. The molecule has 1 aliphatic carbocycles. The molecule has 2 N–H and O–H groups in total. The molecule has 1 aliphatic rings. The van der Waals surface area contributed by atoms with Crippen LogP contribution in [-0.2, 0) is 10.0 Å². The number of rotatable bonds is 7. The van der Waals surface area contributed by atoms with E-state index >= 15 is 0 Å². The molecule has 1 aromatic carbocycles. The number of aliphatic hydroxyl groups is 1. The van der Waals surface area contributed by atoms with Gasteiger partial charge in [-0.15, -0.1) is 0 Å². The summed E-state index contributed by atoms with van der Waals surface area (Å²) in [6.45, 7) is 2.83. The standard InChI is InChI=1S/C14H22N2O3S/c1-2-15-20(18,19)14-8-6-13(7-9-14)16(10-11-17)12-4-3-5-12/h6-9,12,15,17H,2-5,10-11H2,1H3. The monoisotopic (exact) mass is 298 g/mol. The molecule has 2 rings (SSSR count). The van der Waals surface area contributed by atoms with Crippen LogP contribution in [-0.4, -0.2) is 39.3 Å². The van der Waals surface area contributed by atoms with Gasteiger partial charge in [-0.3, -0.25) is 0 Å². The average Bonchev–Trinajstić information content (AvgIpc) is 2.36. The highest BCUT2D eigenvalue weighted by Gasteiger charge is 2.25. The highest BCUT2D eigenvalue weighted by atomic mass is 32.2. The normalized spacial score (nSPS) is 15.9. The molecule has 0 heterocycles. The molecule has 6 heteroatoms. The van der Waals surface area contributed by atoms with Crippen molar-refractivity contribution >= 4 is 15.7 Å². The number of anilines is 1. The Kier molecular flexibility index (Phi) is 5.01. The van der Waals surface area contributed by atoms with Gasteiger partial charge in [-0.2, -0.15) is 0 Å².